The number of ether oxygens (including phenoxy) is 6. The molecule has 34 heavy (non-hydrogen) atoms. The lowest BCUT2D eigenvalue weighted by atomic mass is 9.62. The fraction of sp³-hybridized carbons (Fsp3) is 0.538. The fourth-order valence-corrected chi connectivity index (χ4v) is 5.58. The maximum absolute atomic E-state index is 14.1. The number of fused-ring (bicyclic) bond motifs is 2. The summed E-state index contributed by atoms with van der Waals surface area (Å²) in [6.45, 7) is 6.28. The summed E-state index contributed by atoms with van der Waals surface area (Å²) in [6.07, 6.45) is 2.96. The number of esters is 1. The highest BCUT2D eigenvalue weighted by Gasteiger charge is 2.59. The normalized spacial score (nSPS) is 28.8. The van der Waals surface area contributed by atoms with Crippen molar-refractivity contribution in [2.75, 3.05) is 27.6 Å². The molecule has 0 N–H and O–H groups in total. The Bertz CT molecular complexity index is 1120. The summed E-state index contributed by atoms with van der Waals surface area (Å²) in [5.41, 5.74) is 1.16. The molecule has 8 heteroatoms. The number of ketones is 1. The lowest BCUT2D eigenvalue weighted by molar-refractivity contribution is -0.153. The molecule has 4 atom stereocenters. The summed E-state index contributed by atoms with van der Waals surface area (Å²) in [6, 6.07) is 1.85. The Morgan fingerprint density at radius 1 is 1.15 bits per heavy atom. The topological polar surface area (TPSA) is 89.5 Å². The molecule has 2 heterocycles. The molecule has 0 bridgehead atoms. The largest absolute Gasteiger partial charge is 0.493 e. The molecule has 4 aliphatic rings. The highest BCUT2D eigenvalue weighted by atomic mass is 16.7. The predicted octanol–water partition coefficient (Wildman–Crippen LogP) is 4.12. The summed E-state index contributed by atoms with van der Waals surface area (Å²) >= 11 is 0. The van der Waals surface area contributed by atoms with Crippen LogP contribution in [-0.2, 0) is 29.2 Å². The van der Waals surface area contributed by atoms with E-state index in [1.807, 2.05) is 19.1 Å². The fourth-order valence-electron chi connectivity index (χ4n) is 5.58. The minimum absolute atomic E-state index is 0.0290. The lowest BCUT2D eigenvalue weighted by Crippen LogP contribution is -2.46. The molecule has 0 amide bonds. The average Bonchev–Trinajstić information content (AvgIpc) is 3.44. The molecule has 2 aliphatic heterocycles. The molecule has 0 radical (unpaired) electrons. The zero-order chi connectivity index (χ0) is 24.2. The number of rotatable bonds is 5. The second-order valence-corrected chi connectivity index (χ2v) is 9.40. The minimum Gasteiger partial charge on any atom is -0.493 e. The van der Waals surface area contributed by atoms with E-state index in [9.17, 15) is 9.59 Å². The van der Waals surface area contributed by atoms with Gasteiger partial charge in [-0.1, -0.05) is 20.8 Å². The summed E-state index contributed by atoms with van der Waals surface area (Å²) in [7, 11) is 2.99. The van der Waals surface area contributed by atoms with E-state index in [0.29, 0.717) is 47.8 Å². The molecule has 0 fully saturated rings. The van der Waals surface area contributed by atoms with Crippen LogP contribution in [0.2, 0.25) is 0 Å². The molecule has 8 nitrogen and oxygen atoms in total. The number of methoxy groups -OCH3 is 2. The Morgan fingerprint density at radius 3 is 2.65 bits per heavy atom. The van der Waals surface area contributed by atoms with Gasteiger partial charge in [-0.15, -0.1) is 0 Å². The van der Waals surface area contributed by atoms with Crippen molar-refractivity contribution in [3.63, 3.8) is 0 Å². The van der Waals surface area contributed by atoms with Crippen LogP contribution in [0, 0.1) is 11.8 Å². The average molecular weight is 471 g/mol. The molecule has 0 aromatic heterocycles. The van der Waals surface area contributed by atoms with Crippen molar-refractivity contribution in [2.45, 2.75) is 51.6 Å². The summed E-state index contributed by atoms with van der Waals surface area (Å²) < 4.78 is 34.8. The van der Waals surface area contributed by atoms with Crippen LogP contribution >= 0.6 is 0 Å². The van der Waals surface area contributed by atoms with Crippen molar-refractivity contribution in [3.05, 3.63) is 40.4 Å². The van der Waals surface area contributed by atoms with Crippen LogP contribution < -0.4 is 14.2 Å². The minimum atomic E-state index is -1.12. The third-order valence-corrected chi connectivity index (χ3v) is 7.54. The first-order valence-electron chi connectivity index (χ1n) is 11.7. The third kappa shape index (κ3) is 3.03. The first-order valence-corrected chi connectivity index (χ1v) is 11.7. The van der Waals surface area contributed by atoms with Crippen LogP contribution in [0.25, 0.3) is 0 Å². The molecule has 2 aliphatic carbocycles. The first-order chi connectivity index (χ1) is 16.4. The molecular formula is C26H30O8. The maximum Gasteiger partial charge on any atom is 0.306 e. The zero-order valence-corrected chi connectivity index (χ0v) is 20.2. The Kier molecular flexibility index (Phi) is 5.49. The van der Waals surface area contributed by atoms with E-state index in [2.05, 4.69) is 13.8 Å². The second kappa shape index (κ2) is 8.25. The second-order valence-electron chi connectivity index (χ2n) is 9.40. The van der Waals surface area contributed by atoms with Crippen LogP contribution in [0.1, 0.15) is 57.3 Å². The van der Waals surface area contributed by atoms with Gasteiger partial charge in [-0.05, 0) is 36.5 Å². The smallest absolute Gasteiger partial charge is 0.306 e. The van der Waals surface area contributed by atoms with E-state index in [-0.39, 0.29) is 42.7 Å². The van der Waals surface area contributed by atoms with Crippen molar-refractivity contribution in [2.24, 2.45) is 11.8 Å². The number of hydrogen-bond donors (Lipinski definition) is 0. The molecule has 5 rings (SSSR count). The quantitative estimate of drug-likeness (QED) is 0.594. The Hall–Kier alpha value is -3.16. The van der Waals surface area contributed by atoms with Crippen LogP contribution in [0.15, 0.2) is 29.2 Å². The lowest BCUT2D eigenvalue weighted by Gasteiger charge is -2.41. The standard InChI is InChI=1S/C26H30O8/c1-6-7-19(27)34-21-14(3)13(2)8-15-9-17(29-4)23(30-5)25(28)26(15)11-31-24-20(26)16(21)10-18-22(24)33-12-32-18/h9-10,13-14,21H,6-8,11-12H2,1-5H3/t13-,14-,21-,26+/m1/s1. The van der Waals surface area contributed by atoms with E-state index in [1.165, 1.54) is 14.2 Å². The SMILES string of the molecule is CCCC(=O)O[C@H]1c2cc3c(c4c2[C@@]2(CO4)C(=O)C(OC)=C(OC)C=C2C[C@@H](C)[C@H]1C)OCO3. The van der Waals surface area contributed by atoms with Crippen LogP contribution in [0.4, 0.5) is 0 Å². The predicted molar refractivity (Wildman–Crippen MR) is 121 cm³/mol. The van der Waals surface area contributed by atoms with Crippen LogP contribution in [-0.4, -0.2) is 39.4 Å². The number of Topliss-reactive ketones (excluding diaryl/α,β-unsaturated/α-hetero) is 1. The van der Waals surface area contributed by atoms with Crippen molar-refractivity contribution in [3.8, 4) is 17.2 Å². The molecule has 182 valence electrons. The number of carbonyl (C=O) groups is 2. The third-order valence-electron chi connectivity index (χ3n) is 7.54. The van der Waals surface area contributed by atoms with Gasteiger partial charge in [0.1, 0.15) is 18.1 Å². The van der Waals surface area contributed by atoms with E-state index in [1.54, 1.807) is 0 Å². The van der Waals surface area contributed by atoms with Gasteiger partial charge in [0, 0.05) is 23.5 Å². The molecular weight excluding hydrogens is 440 g/mol. The summed E-state index contributed by atoms with van der Waals surface area (Å²) in [5, 5.41) is 0. The monoisotopic (exact) mass is 470 g/mol. The molecule has 0 saturated carbocycles. The van der Waals surface area contributed by atoms with Crippen molar-refractivity contribution >= 4 is 11.8 Å². The number of carbonyl (C=O) groups excluding carboxylic acids is 2. The van der Waals surface area contributed by atoms with Gasteiger partial charge in [-0.3, -0.25) is 9.59 Å². The van der Waals surface area contributed by atoms with E-state index >= 15 is 0 Å². The summed E-state index contributed by atoms with van der Waals surface area (Å²) in [5.74, 6) is 1.58. The molecule has 1 spiro atoms. The number of hydrogen-bond acceptors (Lipinski definition) is 8. The Morgan fingerprint density at radius 2 is 1.94 bits per heavy atom. The highest BCUT2D eigenvalue weighted by Crippen LogP contribution is 2.61. The Labute approximate surface area is 198 Å². The molecule has 1 aromatic carbocycles. The van der Waals surface area contributed by atoms with Gasteiger partial charge in [0.25, 0.3) is 0 Å². The highest BCUT2D eigenvalue weighted by molar-refractivity contribution is 6.08. The van der Waals surface area contributed by atoms with Gasteiger partial charge < -0.3 is 28.4 Å². The van der Waals surface area contributed by atoms with E-state index in [0.717, 1.165) is 11.1 Å². The van der Waals surface area contributed by atoms with Gasteiger partial charge >= 0.3 is 5.97 Å². The van der Waals surface area contributed by atoms with Gasteiger partial charge in [0.2, 0.25) is 24.1 Å². The van der Waals surface area contributed by atoms with E-state index < -0.39 is 11.5 Å². The van der Waals surface area contributed by atoms with Gasteiger partial charge in [-0.25, -0.2) is 0 Å². The molecule has 1 aromatic rings. The molecule has 0 saturated heterocycles. The number of allylic oxidation sites excluding steroid dienone is 2. The van der Waals surface area contributed by atoms with Gasteiger partial charge in [0.05, 0.1) is 14.2 Å². The van der Waals surface area contributed by atoms with Crippen molar-refractivity contribution < 1.29 is 38.0 Å². The van der Waals surface area contributed by atoms with E-state index in [4.69, 9.17) is 28.4 Å². The zero-order valence-electron chi connectivity index (χ0n) is 20.2. The van der Waals surface area contributed by atoms with Crippen LogP contribution in [0.3, 0.4) is 0 Å². The molecule has 0 unspecified atom stereocenters. The van der Waals surface area contributed by atoms with Crippen molar-refractivity contribution in [1.82, 2.24) is 0 Å². The van der Waals surface area contributed by atoms with Crippen molar-refractivity contribution in [1.29, 1.82) is 0 Å². The van der Waals surface area contributed by atoms with Gasteiger partial charge in [0.15, 0.2) is 17.3 Å². The Balaban J connectivity index is 1.79. The van der Waals surface area contributed by atoms with Gasteiger partial charge in [-0.2, -0.15) is 0 Å². The maximum atomic E-state index is 14.1. The first kappa shape index (κ1) is 22.6. The summed E-state index contributed by atoms with van der Waals surface area (Å²) in [4.78, 5) is 26.8. The number of benzene rings is 1. The van der Waals surface area contributed by atoms with Crippen LogP contribution in [0.5, 0.6) is 17.2 Å².